The molecule has 0 fully saturated rings. The Labute approximate surface area is 165 Å². The fourth-order valence-corrected chi connectivity index (χ4v) is 3.48. The first-order chi connectivity index (χ1) is 13.3. The van der Waals surface area contributed by atoms with Crippen LogP contribution in [0, 0.1) is 5.92 Å². The zero-order valence-corrected chi connectivity index (χ0v) is 17.2. The summed E-state index contributed by atoms with van der Waals surface area (Å²) in [5.74, 6) is 1.04. The highest BCUT2D eigenvalue weighted by Gasteiger charge is 2.28. The van der Waals surface area contributed by atoms with Gasteiger partial charge in [0.15, 0.2) is 0 Å². The van der Waals surface area contributed by atoms with E-state index >= 15 is 0 Å². The Morgan fingerprint density at radius 1 is 1.15 bits per heavy atom. The standard InChI is InChI=1S/C21H38N6/c1-3-27(4-2)17-11-16-23-20-18-12-7-8-13-19(18)25-21(26-20)24-15-10-6-5-9-14-22/h7-8,12-13,18,20,23H,3-6,9-11,14-17,22H2,1-2H3,(H,24,26). The van der Waals surface area contributed by atoms with Gasteiger partial charge in [0, 0.05) is 6.54 Å². The quantitative estimate of drug-likeness (QED) is 0.432. The number of nitrogens with zero attached hydrogens (tertiary/aromatic N) is 3. The lowest BCUT2D eigenvalue weighted by Gasteiger charge is -2.33. The average molecular weight is 375 g/mol. The van der Waals surface area contributed by atoms with E-state index in [0.717, 1.165) is 70.2 Å². The minimum Gasteiger partial charge on any atom is -0.338 e. The van der Waals surface area contributed by atoms with E-state index < -0.39 is 0 Å². The molecule has 6 heteroatoms. The number of nitrogens with two attached hydrogens (primary N) is 1. The number of allylic oxidation sites excluding steroid dienone is 3. The smallest absolute Gasteiger partial charge is 0.219 e. The molecule has 4 N–H and O–H groups in total. The van der Waals surface area contributed by atoms with Crippen molar-refractivity contribution >= 4 is 11.7 Å². The Kier molecular flexibility index (Phi) is 10.3. The maximum atomic E-state index is 5.54. The molecule has 0 saturated carbocycles. The van der Waals surface area contributed by atoms with Crippen LogP contribution < -0.4 is 16.4 Å². The zero-order chi connectivity index (χ0) is 19.3. The first-order valence-electron chi connectivity index (χ1n) is 10.7. The van der Waals surface area contributed by atoms with Crippen molar-refractivity contribution in [3.63, 3.8) is 0 Å². The first kappa shape index (κ1) is 21.8. The van der Waals surface area contributed by atoms with Gasteiger partial charge >= 0.3 is 0 Å². The Hall–Kier alpha value is -1.50. The van der Waals surface area contributed by atoms with Gasteiger partial charge < -0.3 is 16.0 Å². The summed E-state index contributed by atoms with van der Waals surface area (Å²) in [5.41, 5.74) is 6.64. The summed E-state index contributed by atoms with van der Waals surface area (Å²) < 4.78 is 0. The van der Waals surface area contributed by atoms with Crippen LogP contribution in [0.3, 0.4) is 0 Å². The largest absolute Gasteiger partial charge is 0.338 e. The molecule has 0 radical (unpaired) electrons. The first-order valence-corrected chi connectivity index (χ1v) is 10.7. The van der Waals surface area contributed by atoms with Crippen LogP contribution in [-0.2, 0) is 0 Å². The summed E-state index contributed by atoms with van der Waals surface area (Å²) in [6.07, 6.45) is 14.4. The number of nitrogens with one attached hydrogen (secondary N) is 2. The summed E-state index contributed by atoms with van der Waals surface area (Å²) in [4.78, 5) is 11.9. The predicted octanol–water partition coefficient (Wildman–Crippen LogP) is 2.30. The molecule has 152 valence electrons. The van der Waals surface area contributed by atoms with Crippen LogP contribution in [0.1, 0.15) is 46.0 Å². The van der Waals surface area contributed by atoms with E-state index in [-0.39, 0.29) is 12.1 Å². The Balaban J connectivity index is 1.84. The van der Waals surface area contributed by atoms with E-state index in [1.165, 1.54) is 12.8 Å². The van der Waals surface area contributed by atoms with E-state index in [0.29, 0.717) is 0 Å². The summed E-state index contributed by atoms with van der Waals surface area (Å²) in [7, 11) is 0. The van der Waals surface area contributed by atoms with Crippen LogP contribution in [0.25, 0.3) is 0 Å². The monoisotopic (exact) mass is 374 g/mol. The predicted molar refractivity (Wildman–Crippen MR) is 116 cm³/mol. The Morgan fingerprint density at radius 3 is 2.74 bits per heavy atom. The molecule has 0 aromatic carbocycles. The molecule has 1 aliphatic heterocycles. The van der Waals surface area contributed by atoms with Crippen LogP contribution in [0.15, 0.2) is 34.3 Å². The molecular formula is C21H38N6. The van der Waals surface area contributed by atoms with E-state index in [1.807, 2.05) is 0 Å². The number of hydrogen-bond donors (Lipinski definition) is 3. The lowest BCUT2D eigenvalue weighted by atomic mass is 9.93. The van der Waals surface area contributed by atoms with Crippen LogP contribution in [-0.4, -0.2) is 62.0 Å². The third-order valence-corrected chi connectivity index (χ3v) is 5.20. The van der Waals surface area contributed by atoms with Gasteiger partial charge in [-0.1, -0.05) is 44.9 Å². The summed E-state index contributed by atoms with van der Waals surface area (Å²) in [5, 5.41) is 7.18. The van der Waals surface area contributed by atoms with Crippen molar-refractivity contribution in [2.45, 2.75) is 52.1 Å². The van der Waals surface area contributed by atoms with Gasteiger partial charge in [0.25, 0.3) is 0 Å². The number of fused-ring (bicyclic) bond motifs is 1. The molecule has 1 heterocycles. The average Bonchev–Trinajstić information content (AvgIpc) is 2.70. The second kappa shape index (κ2) is 12.8. The van der Waals surface area contributed by atoms with Crippen molar-refractivity contribution in [2.75, 3.05) is 39.3 Å². The van der Waals surface area contributed by atoms with Crippen LogP contribution >= 0.6 is 0 Å². The van der Waals surface area contributed by atoms with E-state index in [1.54, 1.807) is 0 Å². The fourth-order valence-electron chi connectivity index (χ4n) is 3.48. The highest BCUT2D eigenvalue weighted by molar-refractivity contribution is 6.08. The maximum Gasteiger partial charge on any atom is 0.219 e. The van der Waals surface area contributed by atoms with Gasteiger partial charge in [-0.05, 0) is 58.1 Å². The van der Waals surface area contributed by atoms with Gasteiger partial charge in [0.05, 0.1) is 17.8 Å². The second-order valence-electron chi connectivity index (χ2n) is 7.17. The van der Waals surface area contributed by atoms with Crippen LogP contribution in [0.5, 0.6) is 0 Å². The van der Waals surface area contributed by atoms with E-state index in [2.05, 4.69) is 58.7 Å². The fraction of sp³-hybridized carbons (Fsp3) is 0.714. The van der Waals surface area contributed by atoms with Gasteiger partial charge in [-0.2, -0.15) is 0 Å². The molecule has 27 heavy (non-hydrogen) atoms. The summed E-state index contributed by atoms with van der Waals surface area (Å²) in [6.45, 7) is 10.4. The highest BCUT2D eigenvalue weighted by Crippen LogP contribution is 2.17. The number of rotatable bonds is 13. The third-order valence-electron chi connectivity index (χ3n) is 5.20. The van der Waals surface area contributed by atoms with Gasteiger partial charge in [-0.3, -0.25) is 10.3 Å². The summed E-state index contributed by atoms with van der Waals surface area (Å²) >= 11 is 0. The maximum absolute atomic E-state index is 5.54. The zero-order valence-electron chi connectivity index (χ0n) is 17.2. The number of hydrogen-bond acceptors (Lipinski definition) is 4. The molecule has 0 saturated heterocycles. The van der Waals surface area contributed by atoms with Crippen molar-refractivity contribution < 1.29 is 0 Å². The van der Waals surface area contributed by atoms with Crippen molar-refractivity contribution in [3.8, 4) is 0 Å². The molecule has 2 aliphatic rings. The minimum absolute atomic E-state index is 0.159. The molecule has 0 bridgehead atoms. The lowest BCUT2D eigenvalue weighted by Crippen LogP contribution is -2.55. The molecule has 2 rings (SSSR count). The normalized spacial score (nSPS) is 22.8. The van der Waals surface area contributed by atoms with Crippen LogP contribution in [0.4, 0.5) is 0 Å². The Morgan fingerprint density at radius 2 is 1.96 bits per heavy atom. The van der Waals surface area contributed by atoms with Gasteiger partial charge in [-0.25, -0.2) is 4.99 Å². The molecule has 2 unspecified atom stereocenters. The molecule has 0 spiro atoms. The third kappa shape index (κ3) is 7.56. The molecule has 2 atom stereocenters. The van der Waals surface area contributed by atoms with Crippen molar-refractivity contribution in [1.29, 1.82) is 0 Å². The topological polar surface area (TPSA) is 78.0 Å². The van der Waals surface area contributed by atoms with Crippen LogP contribution in [0.2, 0.25) is 0 Å². The molecule has 1 aliphatic carbocycles. The van der Waals surface area contributed by atoms with Crippen molar-refractivity contribution in [3.05, 3.63) is 24.3 Å². The second-order valence-corrected chi connectivity index (χ2v) is 7.17. The lowest BCUT2D eigenvalue weighted by molar-refractivity contribution is 0.293. The van der Waals surface area contributed by atoms with E-state index in [4.69, 9.17) is 10.7 Å². The number of aliphatic imine (C=N–C) groups is 2. The molecule has 0 aromatic rings. The minimum atomic E-state index is 0.159. The van der Waals surface area contributed by atoms with Gasteiger partial charge in [-0.15, -0.1) is 0 Å². The number of guanidine groups is 1. The molecular weight excluding hydrogens is 336 g/mol. The number of unbranched alkanes of at least 4 members (excludes halogenated alkanes) is 3. The van der Waals surface area contributed by atoms with Crippen molar-refractivity contribution in [2.24, 2.45) is 21.6 Å². The van der Waals surface area contributed by atoms with Crippen molar-refractivity contribution in [1.82, 2.24) is 15.5 Å². The molecule has 0 aromatic heterocycles. The van der Waals surface area contributed by atoms with E-state index in [9.17, 15) is 0 Å². The summed E-state index contributed by atoms with van der Waals surface area (Å²) in [6, 6.07) is 0. The van der Waals surface area contributed by atoms with Gasteiger partial charge in [0.1, 0.15) is 0 Å². The molecule has 0 amide bonds. The van der Waals surface area contributed by atoms with Gasteiger partial charge in [0.2, 0.25) is 5.96 Å². The molecule has 6 nitrogen and oxygen atoms in total. The Bertz CT molecular complexity index is 533. The SMILES string of the molecule is CCN(CC)CCCNC1NC(=NCCCCCCN)N=C2C=CC=CC21. The highest BCUT2D eigenvalue weighted by atomic mass is 15.3.